The predicted octanol–water partition coefficient (Wildman–Crippen LogP) is 0.330. The number of rotatable bonds is 3. The molecule has 5 nitrogen and oxygen atoms in total. The van der Waals surface area contributed by atoms with E-state index in [9.17, 15) is 5.11 Å². The Bertz CT molecular complexity index is 360. The highest BCUT2D eigenvalue weighted by Gasteiger charge is 2.29. The lowest BCUT2D eigenvalue weighted by Crippen LogP contribution is -2.43. The van der Waals surface area contributed by atoms with Crippen molar-refractivity contribution < 1.29 is 5.11 Å². The topological polar surface area (TPSA) is 63.0 Å². The van der Waals surface area contributed by atoms with Crippen molar-refractivity contribution in [2.24, 2.45) is 7.05 Å². The molecule has 2 rings (SSSR count). The molecule has 1 fully saturated rings. The first-order valence-electron chi connectivity index (χ1n) is 5.53. The molecule has 6 heteroatoms. The van der Waals surface area contributed by atoms with Gasteiger partial charge in [-0.25, -0.2) is 0 Å². The van der Waals surface area contributed by atoms with E-state index in [1.165, 1.54) is 0 Å². The van der Waals surface area contributed by atoms with E-state index in [0.717, 1.165) is 36.9 Å². The second-order valence-electron chi connectivity index (χ2n) is 4.35. The highest BCUT2D eigenvalue weighted by atomic mass is 32.2. The number of thioether (sulfide) groups is 1. The fourth-order valence-electron chi connectivity index (χ4n) is 1.75. The molecule has 1 aliphatic rings. The van der Waals surface area contributed by atoms with Crippen molar-refractivity contribution in [2.45, 2.75) is 30.5 Å². The van der Waals surface area contributed by atoms with Crippen LogP contribution >= 0.6 is 11.8 Å². The third-order valence-corrected chi connectivity index (χ3v) is 4.35. The van der Waals surface area contributed by atoms with E-state index in [2.05, 4.69) is 15.5 Å². The molecule has 1 aromatic rings. The summed E-state index contributed by atoms with van der Waals surface area (Å²) in [5.74, 6) is 1.60. The van der Waals surface area contributed by atoms with Crippen LogP contribution in [0.3, 0.4) is 0 Å². The lowest BCUT2D eigenvalue weighted by atomic mass is 9.95. The molecule has 1 aromatic heterocycles. The van der Waals surface area contributed by atoms with Gasteiger partial charge in [0.1, 0.15) is 5.82 Å². The molecule has 0 bridgehead atoms. The van der Waals surface area contributed by atoms with Gasteiger partial charge in [0.2, 0.25) is 0 Å². The number of aryl methyl sites for hydroxylation is 1. The third kappa shape index (κ3) is 2.56. The molecule has 0 unspecified atom stereocenters. The standard InChI is InChI=1S/C10H18N4OS/c1-8-12-13-9(14(8)2)16-7-10(15)3-5-11-6-4-10/h11,15H,3-7H2,1-2H3. The lowest BCUT2D eigenvalue weighted by Gasteiger charge is -2.31. The van der Waals surface area contributed by atoms with Crippen LogP contribution in [0.4, 0.5) is 0 Å². The molecular weight excluding hydrogens is 224 g/mol. The van der Waals surface area contributed by atoms with Gasteiger partial charge in [0.05, 0.1) is 5.60 Å². The van der Waals surface area contributed by atoms with Gasteiger partial charge in [0.15, 0.2) is 5.16 Å². The number of hydrogen-bond donors (Lipinski definition) is 2. The number of aliphatic hydroxyl groups is 1. The molecule has 0 atom stereocenters. The summed E-state index contributed by atoms with van der Waals surface area (Å²) in [5, 5.41) is 22.5. The van der Waals surface area contributed by atoms with Crippen LogP contribution < -0.4 is 5.32 Å². The molecule has 90 valence electrons. The quantitative estimate of drug-likeness (QED) is 0.748. The van der Waals surface area contributed by atoms with E-state index in [1.54, 1.807) is 11.8 Å². The smallest absolute Gasteiger partial charge is 0.191 e. The highest BCUT2D eigenvalue weighted by molar-refractivity contribution is 7.99. The maximum atomic E-state index is 10.3. The van der Waals surface area contributed by atoms with Gasteiger partial charge in [0, 0.05) is 12.8 Å². The Labute approximate surface area is 99.6 Å². The van der Waals surface area contributed by atoms with Gasteiger partial charge in [0.25, 0.3) is 0 Å². The summed E-state index contributed by atoms with van der Waals surface area (Å²) in [6, 6.07) is 0. The fourth-order valence-corrected chi connectivity index (χ4v) is 2.86. The minimum atomic E-state index is -0.546. The van der Waals surface area contributed by atoms with Crippen molar-refractivity contribution in [3.63, 3.8) is 0 Å². The summed E-state index contributed by atoms with van der Waals surface area (Å²) in [6.45, 7) is 3.72. The van der Waals surface area contributed by atoms with Gasteiger partial charge in [-0.05, 0) is 32.9 Å². The third-order valence-electron chi connectivity index (χ3n) is 3.06. The Balaban J connectivity index is 1.93. The second-order valence-corrected chi connectivity index (χ2v) is 5.29. The molecule has 16 heavy (non-hydrogen) atoms. The molecule has 0 radical (unpaired) electrons. The van der Waals surface area contributed by atoms with Gasteiger partial charge in [-0.1, -0.05) is 11.8 Å². The van der Waals surface area contributed by atoms with E-state index >= 15 is 0 Å². The highest BCUT2D eigenvalue weighted by Crippen LogP contribution is 2.26. The maximum Gasteiger partial charge on any atom is 0.191 e. The number of nitrogens with zero attached hydrogens (tertiary/aromatic N) is 3. The molecular formula is C10H18N4OS. The Morgan fingerprint density at radius 3 is 2.69 bits per heavy atom. The predicted molar refractivity (Wildman–Crippen MR) is 63.5 cm³/mol. The molecule has 0 amide bonds. The summed E-state index contributed by atoms with van der Waals surface area (Å²) < 4.78 is 1.95. The van der Waals surface area contributed by atoms with Crippen LogP contribution in [-0.2, 0) is 7.05 Å². The molecule has 2 N–H and O–H groups in total. The van der Waals surface area contributed by atoms with Crippen molar-refractivity contribution in [3.05, 3.63) is 5.82 Å². The Kier molecular flexibility index (Phi) is 3.51. The summed E-state index contributed by atoms with van der Waals surface area (Å²) in [4.78, 5) is 0. The largest absolute Gasteiger partial charge is 0.389 e. The number of aromatic nitrogens is 3. The first-order chi connectivity index (χ1) is 7.61. The number of piperidine rings is 1. The molecule has 0 aromatic carbocycles. The normalized spacial score (nSPS) is 19.9. The van der Waals surface area contributed by atoms with Crippen molar-refractivity contribution in [2.75, 3.05) is 18.8 Å². The average Bonchev–Trinajstić information content (AvgIpc) is 2.58. The van der Waals surface area contributed by atoms with Crippen LogP contribution in [-0.4, -0.2) is 44.3 Å². The first kappa shape index (κ1) is 11.9. The molecule has 1 aliphatic heterocycles. The molecule has 2 heterocycles. The first-order valence-corrected chi connectivity index (χ1v) is 6.51. The van der Waals surface area contributed by atoms with Crippen LogP contribution in [0.15, 0.2) is 5.16 Å². The van der Waals surface area contributed by atoms with Crippen molar-refractivity contribution in [3.8, 4) is 0 Å². The van der Waals surface area contributed by atoms with Crippen molar-refractivity contribution in [1.29, 1.82) is 0 Å². The van der Waals surface area contributed by atoms with E-state index in [4.69, 9.17) is 0 Å². The molecule has 0 saturated carbocycles. The molecule has 0 aliphatic carbocycles. The number of nitrogens with one attached hydrogen (secondary N) is 1. The summed E-state index contributed by atoms with van der Waals surface area (Å²) in [6.07, 6.45) is 1.63. The van der Waals surface area contributed by atoms with E-state index in [0.29, 0.717) is 5.75 Å². The van der Waals surface area contributed by atoms with Gasteiger partial charge < -0.3 is 15.0 Å². The molecule has 0 spiro atoms. The Hall–Kier alpha value is -0.590. The summed E-state index contributed by atoms with van der Waals surface area (Å²) >= 11 is 1.58. The molecule has 1 saturated heterocycles. The van der Waals surface area contributed by atoms with Crippen LogP contribution in [0.1, 0.15) is 18.7 Å². The van der Waals surface area contributed by atoms with E-state index in [-0.39, 0.29) is 0 Å². The minimum Gasteiger partial charge on any atom is -0.389 e. The maximum absolute atomic E-state index is 10.3. The average molecular weight is 242 g/mol. The van der Waals surface area contributed by atoms with Crippen LogP contribution in [0.5, 0.6) is 0 Å². The lowest BCUT2D eigenvalue weighted by molar-refractivity contribution is 0.0338. The van der Waals surface area contributed by atoms with Crippen molar-refractivity contribution in [1.82, 2.24) is 20.1 Å². The van der Waals surface area contributed by atoms with E-state index < -0.39 is 5.60 Å². The van der Waals surface area contributed by atoms with Crippen LogP contribution in [0.2, 0.25) is 0 Å². The zero-order chi connectivity index (χ0) is 11.6. The van der Waals surface area contributed by atoms with Crippen molar-refractivity contribution >= 4 is 11.8 Å². The van der Waals surface area contributed by atoms with Crippen LogP contribution in [0, 0.1) is 6.92 Å². The Morgan fingerprint density at radius 2 is 2.12 bits per heavy atom. The number of hydrogen-bond acceptors (Lipinski definition) is 5. The zero-order valence-electron chi connectivity index (χ0n) is 9.73. The SMILES string of the molecule is Cc1nnc(SCC2(O)CCNCC2)n1C. The zero-order valence-corrected chi connectivity index (χ0v) is 10.5. The van der Waals surface area contributed by atoms with Gasteiger partial charge >= 0.3 is 0 Å². The van der Waals surface area contributed by atoms with Gasteiger partial charge in [-0.3, -0.25) is 0 Å². The monoisotopic (exact) mass is 242 g/mol. The fraction of sp³-hybridized carbons (Fsp3) is 0.800. The van der Waals surface area contributed by atoms with Gasteiger partial charge in [-0.15, -0.1) is 10.2 Å². The summed E-state index contributed by atoms with van der Waals surface area (Å²) in [7, 11) is 1.95. The van der Waals surface area contributed by atoms with E-state index in [1.807, 2.05) is 18.5 Å². The van der Waals surface area contributed by atoms with Crippen LogP contribution in [0.25, 0.3) is 0 Å². The Morgan fingerprint density at radius 1 is 1.44 bits per heavy atom. The second kappa shape index (κ2) is 4.73. The van der Waals surface area contributed by atoms with Gasteiger partial charge in [-0.2, -0.15) is 0 Å². The summed E-state index contributed by atoms with van der Waals surface area (Å²) in [5.41, 5.74) is -0.546. The minimum absolute atomic E-state index is 0.546.